The summed E-state index contributed by atoms with van der Waals surface area (Å²) in [5.74, 6) is 0.897. The third-order valence-corrected chi connectivity index (χ3v) is 3.82. The van der Waals surface area contributed by atoms with Crippen molar-refractivity contribution in [3.8, 4) is 22.8 Å². The van der Waals surface area contributed by atoms with Gasteiger partial charge >= 0.3 is 0 Å². The van der Waals surface area contributed by atoms with Gasteiger partial charge in [-0.3, -0.25) is 0 Å². The summed E-state index contributed by atoms with van der Waals surface area (Å²) in [6.45, 7) is 1.94. The molecule has 0 fully saturated rings. The highest BCUT2D eigenvalue weighted by molar-refractivity contribution is 6.42. The van der Waals surface area contributed by atoms with Crippen LogP contribution >= 0.6 is 23.2 Å². The van der Waals surface area contributed by atoms with Gasteiger partial charge in [0, 0.05) is 16.8 Å². The van der Waals surface area contributed by atoms with Crippen LogP contribution < -0.4 is 5.73 Å². The molecule has 1 heterocycles. The van der Waals surface area contributed by atoms with Gasteiger partial charge in [-0.2, -0.15) is 4.98 Å². The second kappa shape index (κ2) is 5.39. The van der Waals surface area contributed by atoms with Gasteiger partial charge in [-0.15, -0.1) is 0 Å². The van der Waals surface area contributed by atoms with Gasteiger partial charge in [0.1, 0.15) is 0 Å². The molecule has 0 aliphatic carbocycles. The number of halogens is 2. The van der Waals surface area contributed by atoms with Gasteiger partial charge in [0.2, 0.25) is 5.82 Å². The van der Waals surface area contributed by atoms with E-state index in [1.807, 2.05) is 19.1 Å². The van der Waals surface area contributed by atoms with Crippen molar-refractivity contribution in [1.82, 2.24) is 10.1 Å². The lowest BCUT2D eigenvalue weighted by atomic mass is 10.1. The number of rotatable bonds is 2. The third-order valence-electron chi connectivity index (χ3n) is 3.08. The predicted octanol–water partition coefficient (Wildman–Crippen LogP) is 4.60. The Morgan fingerprint density at radius 3 is 2.57 bits per heavy atom. The molecule has 4 nitrogen and oxygen atoms in total. The summed E-state index contributed by atoms with van der Waals surface area (Å²) in [4.78, 5) is 4.39. The average Bonchev–Trinajstić information content (AvgIpc) is 2.91. The highest BCUT2D eigenvalue weighted by Gasteiger charge is 2.13. The fraction of sp³-hybridized carbons (Fsp3) is 0.0667. The minimum absolute atomic E-state index is 0.438. The van der Waals surface area contributed by atoms with Crippen LogP contribution in [0.5, 0.6) is 0 Å². The van der Waals surface area contributed by atoms with Gasteiger partial charge in [0.05, 0.1) is 10.0 Å². The van der Waals surface area contributed by atoms with E-state index in [4.69, 9.17) is 33.5 Å². The van der Waals surface area contributed by atoms with E-state index >= 15 is 0 Å². The molecule has 0 bridgehead atoms. The van der Waals surface area contributed by atoms with Gasteiger partial charge in [-0.1, -0.05) is 28.4 Å². The number of nitrogen functional groups attached to an aromatic ring is 1. The van der Waals surface area contributed by atoms with E-state index < -0.39 is 0 Å². The van der Waals surface area contributed by atoms with E-state index in [-0.39, 0.29) is 0 Å². The topological polar surface area (TPSA) is 64.9 Å². The lowest BCUT2D eigenvalue weighted by Gasteiger charge is -2.01. The Morgan fingerprint density at radius 1 is 1.05 bits per heavy atom. The number of hydrogen-bond donors (Lipinski definition) is 1. The summed E-state index contributed by atoms with van der Waals surface area (Å²) in [6, 6.07) is 10.7. The van der Waals surface area contributed by atoms with Gasteiger partial charge in [-0.25, -0.2) is 0 Å². The van der Waals surface area contributed by atoms with Crippen molar-refractivity contribution in [1.29, 1.82) is 0 Å². The number of nitrogens with two attached hydrogens (primary N) is 1. The van der Waals surface area contributed by atoms with Gasteiger partial charge in [0.15, 0.2) is 0 Å². The first-order chi connectivity index (χ1) is 10.0. The molecule has 1 aromatic heterocycles. The number of nitrogens with zero attached hydrogens (tertiary/aromatic N) is 2. The molecule has 2 N–H and O–H groups in total. The van der Waals surface area contributed by atoms with Crippen molar-refractivity contribution >= 4 is 28.9 Å². The quantitative estimate of drug-likeness (QED) is 0.701. The van der Waals surface area contributed by atoms with Crippen LogP contribution in [-0.4, -0.2) is 10.1 Å². The highest BCUT2D eigenvalue weighted by Crippen LogP contribution is 2.29. The Balaban J connectivity index is 2.01. The monoisotopic (exact) mass is 319 g/mol. The van der Waals surface area contributed by atoms with E-state index in [2.05, 4.69) is 10.1 Å². The first kappa shape index (κ1) is 13.9. The summed E-state index contributed by atoms with van der Waals surface area (Å²) in [5, 5.41) is 4.91. The smallest absolute Gasteiger partial charge is 0.258 e. The largest absolute Gasteiger partial charge is 0.399 e. The Labute approximate surface area is 131 Å². The molecular weight excluding hydrogens is 309 g/mol. The SMILES string of the molecule is Cc1cc(N)ccc1-c1nc(-c2ccc(Cl)c(Cl)c2)no1. The molecule has 0 spiro atoms. The lowest BCUT2D eigenvalue weighted by molar-refractivity contribution is 0.432. The van der Waals surface area contributed by atoms with E-state index in [0.29, 0.717) is 27.4 Å². The van der Waals surface area contributed by atoms with E-state index in [0.717, 1.165) is 16.7 Å². The number of benzene rings is 2. The maximum atomic E-state index is 6.00. The third kappa shape index (κ3) is 2.73. The number of aromatic nitrogens is 2. The maximum absolute atomic E-state index is 6.00. The molecule has 0 aliphatic heterocycles. The zero-order valence-corrected chi connectivity index (χ0v) is 12.6. The van der Waals surface area contributed by atoms with Crippen LogP contribution in [0.15, 0.2) is 40.9 Å². The van der Waals surface area contributed by atoms with Crippen molar-refractivity contribution in [2.45, 2.75) is 6.92 Å². The summed E-state index contributed by atoms with van der Waals surface area (Å²) < 4.78 is 5.32. The lowest BCUT2D eigenvalue weighted by Crippen LogP contribution is -1.88. The summed E-state index contributed by atoms with van der Waals surface area (Å²) in [6.07, 6.45) is 0. The predicted molar refractivity (Wildman–Crippen MR) is 84.3 cm³/mol. The molecule has 0 saturated carbocycles. The second-order valence-electron chi connectivity index (χ2n) is 4.63. The molecule has 3 rings (SSSR count). The van der Waals surface area contributed by atoms with Crippen LogP contribution in [0.3, 0.4) is 0 Å². The van der Waals surface area contributed by atoms with Gasteiger partial charge < -0.3 is 10.3 Å². The Hall–Kier alpha value is -2.04. The van der Waals surface area contributed by atoms with Gasteiger partial charge in [-0.05, 0) is 48.9 Å². The Morgan fingerprint density at radius 2 is 1.86 bits per heavy atom. The molecule has 0 saturated heterocycles. The highest BCUT2D eigenvalue weighted by atomic mass is 35.5. The second-order valence-corrected chi connectivity index (χ2v) is 5.44. The minimum Gasteiger partial charge on any atom is -0.399 e. The number of aryl methyl sites for hydroxylation is 1. The fourth-order valence-corrected chi connectivity index (χ4v) is 2.31. The van der Waals surface area contributed by atoms with Crippen molar-refractivity contribution < 1.29 is 4.52 Å². The maximum Gasteiger partial charge on any atom is 0.258 e. The van der Waals surface area contributed by atoms with Gasteiger partial charge in [0.25, 0.3) is 5.89 Å². The number of anilines is 1. The molecule has 2 aromatic carbocycles. The first-order valence-corrected chi connectivity index (χ1v) is 6.96. The Bertz CT molecular complexity index is 814. The van der Waals surface area contributed by atoms with Crippen LogP contribution in [0.1, 0.15) is 5.56 Å². The molecule has 106 valence electrons. The van der Waals surface area contributed by atoms with Crippen LogP contribution in [0.4, 0.5) is 5.69 Å². The van der Waals surface area contributed by atoms with Crippen molar-refractivity contribution in [2.75, 3.05) is 5.73 Å². The summed E-state index contributed by atoms with van der Waals surface area (Å²) >= 11 is 11.9. The number of hydrogen-bond acceptors (Lipinski definition) is 4. The molecule has 6 heteroatoms. The normalized spacial score (nSPS) is 10.8. The van der Waals surface area contributed by atoms with Crippen molar-refractivity contribution in [3.63, 3.8) is 0 Å². The molecule has 0 radical (unpaired) electrons. The van der Waals surface area contributed by atoms with Crippen LogP contribution in [-0.2, 0) is 0 Å². The molecule has 0 aliphatic rings. The standard InChI is InChI=1S/C15H11Cl2N3O/c1-8-6-10(18)3-4-11(8)15-19-14(20-21-15)9-2-5-12(16)13(17)7-9/h2-7H,18H2,1H3. The first-order valence-electron chi connectivity index (χ1n) is 6.20. The molecule has 21 heavy (non-hydrogen) atoms. The average molecular weight is 320 g/mol. The minimum atomic E-state index is 0.438. The molecule has 0 unspecified atom stereocenters. The summed E-state index contributed by atoms with van der Waals surface area (Å²) in [7, 11) is 0. The summed E-state index contributed by atoms with van der Waals surface area (Å²) in [5.41, 5.74) is 9.00. The Kier molecular flexibility index (Phi) is 3.57. The molecule has 3 aromatic rings. The van der Waals surface area contributed by atoms with Crippen molar-refractivity contribution in [3.05, 3.63) is 52.0 Å². The molecule has 0 amide bonds. The fourth-order valence-electron chi connectivity index (χ4n) is 2.01. The van der Waals surface area contributed by atoms with Crippen LogP contribution in [0, 0.1) is 6.92 Å². The zero-order chi connectivity index (χ0) is 15.0. The van der Waals surface area contributed by atoms with Crippen LogP contribution in [0.2, 0.25) is 10.0 Å². The van der Waals surface area contributed by atoms with E-state index in [1.165, 1.54) is 0 Å². The van der Waals surface area contributed by atoms with E-state index in [1.54, 1.807) is 24.3 Å². The molecular formula is C15H11Cl2N3O. The zero-order valence-electron chi connectivity index (χ0n) is 11.1. The van der Waals surface area contributed by atoms with Crippen LogP contribution in [0.25, 0.3) is 22.8 Å². The van der Waals surface area contributed by atoms with E-state index in [9.17, 15) is 0 Å². The van der Waals surface area contributed by atoms with Crippen molar-refractivity contribution in [2.24, 2.45) is 0 Å². The molecule has 0 atom stereocenters.